The zero-order valence-corrected chi connectivity index (χ0v) is 16.3. The number of guanidine groups is 1. The second-order valence-corrected chi connectivity index (χ2v) is 7.26. The molecule has 0 saturated carbocycles. The average Bonchev–Trinajstić information content (AvgIpc) is 2.51. The Bertz CT molecular complexity index is 365. The van der Waals surface area contributed by atoms with Gasteiger partial charge in [0.1, 0.15) is 6.61 Å². The number of nitrogens with two attached hydrogens (primary N) is 1. The van der Waals surface area contributed by atoms with Crippen LogP contribution in [0.25, 0.3) is 0 Å². The van der Waals surface area contributed by atoms with E-state index in [0.717, 1.165) is 32.2 Å². The highest BCUT2D eigenvalue weighted by Crippen LogP contribution is 2.08. The quantitative estimate of drug-likeness (QED) is 0.219. The van der Waals surface area contributed by atoms with Gasteiger partial charge in [-0.3, -0.25) is 9.79 Å². The highest BCUT2D eigenvalue weighted by Gasteiger charge is 2.18. The third-order valence-electron chi connectivity index (χ3n) is 3.59. The maximum atomic E-state index is 11.8. The van der Waals surface area contributed by atoms with Gasteiger partial charge in [-0.25, -0.2) is 0 Å². The van der Waals surface area contributed by atoms with Crippen LogP contribution in [-0.4, -0.2) is 43.7 Å². The number of aliphatic imine (C=N–C) groups is 1. The number of esters is 1. The first-order chi connectivity index (χ1) is 11.3. The number of hydrogen-bond donors (Lipinski definition) is 3. The van der Waals surface area contributed by atoms with Gasteiger partial charge in [0.15, 0.2) is 5.96 Å². The summed E-state index contributed by atoms with van der Waals surface area (Å²) in [4.78, 5) is 15.7. The highest BCUT2D eigenvalue weighted by molar-refractivity contribution is 5.77. The number of carbonyl (C=O) groups excluding carboxylic acids is 1. The lowest BCUT2D eigenvalue weighted by atomic mass is 10.0. The topological polar surface area (TPSA) is 88.7 Å². The van der Waals surface area contributed by atoms with Gasteiger partial charge in [0.25, 0.3) is 0 Å². The number of rotatable bonds is 12. The van der Waals surface area contributed by atoms with Crippen LogP contribution in [0.4, 0.5) is 0 Å². The van der Waals surface area contributed by atoms with E-state index in [1.165, 1.54) is 12.8 Å². The standard InChI is InChI=1S/C18H38N4O2/c1-6-7-8-9-12-16(23)24-14-15(22-18(2,3)4)11-10-13-21-17(19)20-5/h15,22H,6-14H2,1-5H3,(H3,19,20,21)/t15-/m0/s1. The van der Waals surface area contributed by atoms with Gasteiger partial charge in [-0.15, -0.1) is 0 Å². The van der Waals surface area contributed by atoms with E-state index in [4.69, 9.17) is 10.5 Å². The van der Waals surface area contributed by atoms with Crippen molar-refractivity contribution in [3.05, 3.63) is 0 Å². The van der Waals surface area contributed by atoms with E-state index in [-0.39, 0.29) is 17.6 Å². The molecule has 0 aromatic carbocycles. The van der Waals surface area contributed by atoms with Gasteiger partial charge < -0.3 is 21.1 Å². The summed E-state index contributed by atoms with van der Waals surface area (Å²) in [6, 6.07) is 0.145. The Hall–Kier alpha value is -1.30. The predicted molar refractivity (Wildman–Crippen MR) is 101 cm³/mol. The molecule has 1 atom stereocenters. The summed E-state index contributed by atoms with van der Waals surface area (Å²) in [5.41, 5.74) is 5.59. The molecule has 0 aliphatic heterocycles. The molecule has 4 N–H and O–H groups in total. The van der Waals surface area contributed by atoms with Crippen molar-refractivity contribution in [1.82, 2.24) is 10.6 Å². The van der Waals surface area contributed by atoms with Crippen molar-refractivity contribution in [3.8, 4) is 0 Å². The minimum absolute atomic E-state index is 0.0183. The number of nitrogens with zero attached hydrogens (tertiary/aromatic N) is 1. The van der Waals surface area contributed by atoms with Crippen molar-refractivity contribution < 1.29 is 9.53 Å². The minimum Gasteiger partial charge on any atom is -0.464 e. The predicted octanol–water partition coefficient (Wildman–Crippen LogP) is 2.57. The van der Waals surface area contributed by atoms with Gasteiger partial charge >= 0.3 is 5.97 Å². The van der Waals surface area contributed by atoms with Crippen molar-refractivity contribution in [2.45, 2.75) is 84.2 Å². The van der Waals surface area contributed by atoms with Crippen LogP contribution in [0.5, 0.6) is 0 Å². The van der Waals surface area contributed by atoms with Crippen molar-refractivity contribution >= 4 is 11.9 Å². The molecule has 6 heteroatoms. The van der Waals surface area contributed by atoms with E-state index in [9.17, 15) is 4.79 Å². The molecule has 0 aliphatic carbocycles. The first kappa shape index (κ1) is 22.7. The third-order valence-corrected chi connectivity index (χ3v) is 3.59. The lowest BCUT2D eigenvalue weighted by Crippen LogP contribution is -2.46. The lowest BCUT2D eigenvalue weighted by molar-refractivity contribution is -0.144. The molecule has 0 amide bonds. The van der Waals surface area contributed by atoms with E-state index >= 15 is 0 Å². The summed E-state index contributed by atoms with van der Waals surface area (Å²) in [5, 5.41) is 6.57. The van der Waals surface area contributed by atoms with Gasteiger partial charge in [-0.05, 0) is 40.0 Å². The number of nitrogens with one attached hydrogen (secondary N) is 2. The molecule has 0 bridgehead atoms. The third kappa shape index (κ3) is 14.3. The summed E-state index contributed by atoms with van der Waals surface area (Å²) >= 11 is 0. The molecular formula is C18H38N4O2. The Morgan fingerprint density at radius 1 is 1.21 bits per heavy atom. The SMILES string of the molecule is CCCCCCC(=O)OC[C@H](CCCNC(N)=NC)NC(C)(C)C. The second-order valence-electron chi connectivity index (χ2n) is 7.26. The monoisotopic (exact) mass is 342 g/mol. The average molecular weight is 343 g/mol. The van der Waals surface area contributed by atoms with Crippen molar-refractivity contribution in [2.75, 3.05) is 20.2 Å². The minimum atomic E-state index is -0.0905. The Kier molecular flexibility index (Phi) is 12.3. The van der Waals surface area contributed by atoms with Crippen molar-refractivity contribution in [2.24, 2.45) is 10.7 Å². The van der Waals surface area contributed by atoms with Crippen LogP contribution < -0.4 is 16.4 Å². The summed E-state index contributed by atoms with van der Waals surface area (Å²) in [6.07, 6.45) is 6.73. The fraction of sp³-hybridized carbons (Fsp3) is 0.889. The summed E-state index contributed by atoms with van der Waals surface area (Å²) < 4.78 is 5.46. The van der Waals surface area contributed by atoms with Crippen LogP contribution in [0, 0.1) is 0 Å². The first-order valence-corrected chi connectivity index (χ1v) is 9.18. The molecule has 0 spiro atoms. The smallest absolute Gasteiger partial charge is 0.305 e. The molecular weight excluding hydrogens is 304 g/mol. The fourth-order valence-electron chi connectivity index (χ4n) is 2.42. The van der Waals surface area contributed by atoms with Crippen LogP contribution in [0.2, 0.25) is 0 Å². The molecule has 0 aromatic rings. The molecule has 0 heterocycles. The van der Waals surface area contributed by atoms with Gasteiger partial charge in [0.05, 0.1) is 0 Å². The van der Waals surface area contributed by atoms with Crippen LogP contribution in [0.1, 0.15) is 72.6 Å². The summed E-state index contributed by atoms with van der Waals surface area (Å²) in [7, 11) is 1.66. The maximum absolute atomic E-state index is 11.8. The lowest BCUT2D eigenvalue weighted by Gasteiger charge is -2.28. The van der Waals surface area contributed by atoms with E-state index in [0.29, 0.717) is 19.0 Å². The number of unbranched alkanes of at least 4 members (excludes halogenated alkanes) is 3. The van der Waals surface area contributed by atoms with Gasteiger partial charge in [-0.1, -0.05) is 26.2 Å². The fourth-order valence-corrected chi connectivity index (χ4v) is 2.42. The van der Waals surface area contributed by atoms with Crippen molar-refractivity contribution in [1.29, 1.82) is 0 Å². The maximum Gasteiger partial charge on any atom is 0.305 e. The first-order valence-electron chi connectivity index (χ1n) is 9.18. The van der Waals surface area contributed by atoms with E-state index in [1.807, 2.05) is 0 Å². The summed E-state index contributed by atoms with van der Waals surface area (Å²) in [6.45, 7) is 9.69. The molecule has 6 nitrogen and oxygen atoms in total. The van der Waals surface area contributed by atoms with Crippen LogP contribution in [0.15, 0.2) is 4.99 Å². The van der Waals surface area contributed by atoms with Gasteiger partial charge in [0.2, 0.25) is 0 Å². The second kappa shape index (κ2) is 13.0. The van der Waals surface area contributed by atoms with Crippen molar-refractivity contribution in [3.63, 3.8) is 0 Å². The number of hydrogen-bond acceptors (Lipinski definition) is 4. The molecule has 0 saturated heterocycles. The molecule has 142 valence electrons. The molecule has 0 radical (unpaired) electrons. The van der Waals surface area contributed by atoms with Crippen LogP contribution >= 0.6 is 0 Å². The van der Waals surface area contributed by atoms with E-state index in [2.05, 4.69) is 43.3 Å². The number of carbonyl (C=O) groups is 1. The Labute approximate surface area is 148 Å². The molecule has 0 aromatic heterocycles. The molecule has 0 aliphatic rings. The number of ether oxygens (including phenoxy) is 1. The van der Waals surface area contributed by atoms with Crippen LogP contribution in [0.3, 0.4) is 0 Å². The van der Waals surface area contributed by atoms with Crippen LogP contribution in [-0.2, 0) is 9.53 Å². The largest absolute Gasteiger partial charge is 0.464 e. The molecule has 0 rings (SSSR count). The molecule has 24 heavy (non-hydrogen) atoms. The Morgan fingerprint density at radius 3 is 2.50 bits per heavy atom. The normalized spacial score (nSPS) is 13.6. The summed E-state index contributed by atoms with van der Waals surface area (Å²) in [5.74, 6) is 0.362. The Balaban J connectivity index is 4.14. The highest BCUT2D eigenvalue weighted by atomic mass is 16.5. The van der Waals surface area contributed by atoms with E-state index in [1.54, 1.807) is 7.05 Å². The zero-order chi connectivity index (χ0) is 18.4. The van der Waals surface area contributed by atoms with E-state index < -0.39 is 0 Å². The van der Waals surface area contributed by atoms with Gasteiger partial charge in [0, 0.05) is 31.6 Å². The molecule has 0 unspecified atom stereocenters. The zero-order valence-electron chi connectivity index (χ0n) is 16.3. The van der Waals surface area contributed by atoms with Gasteiger partial charge in [-0.2, -0.15) is 0 Å². The Morgan fingerprint density at radius 2 is 1.92 bits per heavy atom. The molecule has 0 fully saturated rings.